The lowest BCUT2D eigenvalue weighted by Gasteiger charge is -2.34. The number of fused-ring (bicyclic) bond motifs is 1. The first-order valence-electron chi connectivity index (χ1n) is 20.2. The van der Waals surface area contributed by atoms with Gasteiger partial charge in [-0.1, -0.05) is 30.3 Å². The molecular formula is C41H52N12O12. The van der Waals surface area contributed by atoms with Crippen LogP contribution in [0.2, 0.25) is 0 Å². The topological polar surface area (TPSA) is 388 Å². The number of aromatic hydroxyl groups is 1. The van der Waals surface area contributed by atoms with Crippen LogP contribution < -0.4 is 49.7 Å². The Morgan fingerprint density at radius 1 is 0.985 bits per heavy atom. The van der Waals surface area contributed by atoms with Crippen molar-refractivity contribution in [1.29, 1.82) is 0 Å². The SMILES string of the molecule is C[C@@H]([C@H](NC(=O)[C@H](CCCN=C(N)N)NC(=O)N[C@@H](Cc1c[nH]c2ccccc12)C(=O)O)C(=O)N/C=C1\O[C@@H](n2ccc(=O)[nH]c2=O)[C@H](O)[C@@H]1O)N(C)C(=O)[C@@H](N)Cc1cccc(O)c1. The number of benzene rings is 2. The van der Waals surface area contributed by atoms with Crippen LogP contribution in [0.3, 0.4) is 0 Å². The fraction of sp³-hybridized carbons (Fsp3) is 0.366. The van der Waals surface area contributed by atoms with Crippen LogP contribution in [-0.4, -0.2) is 132 Å². The number of hydrogen-bond donors (Lipinski definition) is 13. The van der Waals surface area contributed by atoms with Gasteiger partial charge in [-0.3, -0.25) is 33.7 Å². The van der Waals surface area contributed by atoms with Gasteiger partial charge < -0.3 is 73.5 Å². The Morgan fingerprint density at radius 3 is 2.40 bits per heavy atom. The number of aromatic amines is 2. The number of H-pyrrole nitrogens is 2. The Labute approximate surface area is 369 Å². The first-order chi connectivity index (χ1) is 30.8. The van der Waals surface area contributed by atoms with Crippen LogP contribution in [0.1, 0.15) is 37.1 Å². The van der Waals surface area contributed by atoms with E-state index in [1.54, 1.807) is 42.6 Å². The normalized spacial score (nSPS) is 18.6. The predicted molar refractivity (Wildman–Crippen MR) is 232 cm³/mol. The molecule has 5 amide bonds. The van der Waals surface area contributed by atoms with Crippen LogP contribution in [0, 0.1) is 0 Å². The number of carbonyl (C=O) groups is 5. The number of likely N-dealkylation sites (N-methyl/N-ethyl adjacent to an activating group) is 1. The van der Waals surface area contributed by atoms with E-state index in [0.717, 1.165) is 38.8 Å². The number of nitrogens with two attached hydrogens (primary N) is 3. The van der Waals surface area contributed by atoms with Crippen molar-refractivity contribution in [2.24, 2.45) is 22.2 Å². The Bertz CT molecular complexity index is 2550. The molecule has 0 bridgehead atoms. The van der Waals surface area contributed by atoms with Gasteiger partial charge >= 0.3 is 17.7 Å². The molecule has 0 radical (unpaired) electrons. The lowest BCUT2D eigenvalue weighted by molar-refractivity contribution is -0.139. The Hall–Kier alpha value is -7.70. The van der Waals surface area contributed by atoms with Crippen molar-refractivity contribution in [2.45, 2.75) is 81.3 Å². The number of aliphatic hydroxyl groups is 2. The van der Waals surface area contributed by atoms with Gasteiger partial charge in [-0.15, -0.1) is 0 Å². The number of carboxylic acid groups (broad SMARTS) is 1. The van der Waals surface area contributed by atoms with Gasteiger partial charge in [0, 0.05) is 55.6 Å². The molecule has 0 saturated carbocycles. The smallest absolute Gasteiger partial charge is 0.331 e. The standard InChI is InChI=1S/C41H52N12O12/c1-20(52(2)36(60)25(42)16-21-7-5-8-23(54)15-21)31(35(59)47-19-29-32(56)33(57)37(65-29)53-14-12-30(55)50-41(53)64)51-34(58)27(11-6-13-45-39(43)44)48-40(63)49-28(38(61)62)17-22-18-46-26-10-4-3-9-24(22)26/h3-5,7-10,12,14-15,18-20,25,27-28,31-33,37,46,54,56-57H,6,11,13,16-17,42H2,1-2H3,(H,47,59)(H,51,58)(H,61,62)(H4,43,44,45)(H2,48,49,63)(H,50,55,64)/b29-19-/t20-,25-,27-,28-,31-,32+,33+,37+/m0/s1. The summed E-state index contributed by atoms with van der Waals surface area (Å²) in [6.45, 7) is 1.42. The average Bonchev–Trinajstić information content (AvgIpc) is 3.80. The first-order valence-corrected chi connectivity index (χ1v) is 20.2. The molecule has 0 spiro atoms. The maximum Gasteiger partial charge on any atom is 0.331 e. The zero-order valence-corrected chi connectivity index (χ0v) is 35.2. The van der Waals surface area contributed by atoms with E-state index in [1.165, 1.54) is 26.1 Å². The van der Waals surface area contributed by atoms with Gasteiger partial charge in [-0.25, -0.2) is 14.4 Å². The molecule has 1 aliphatic rings. The Kier molecular flexibility index (Phi) is 16.1. The Morgan fingerprint density at radius 2 is 1.71 bits per heavy atom. The second-order valence-electron chi connectivity index (χ2n) is 15.2. The molecule has 24 heteroatoms. The van der Waals surface area contributed by atoms with E-state index >= 15 is 0 Å². The number of hydrogen-bond acceptors (Lipinski definition) is 13. The summed E-state index contributed by atoms with van der Waals surface area (Å²) in [5.41, 5.74) is 17.4. The number of carboxylic acids is 1. The van der Waals surface area contributed by atoms with Crippen molar-refractivity contribution in [3.8, 4) is 5.75 Å². The van der Waals surface area contributed by atoms with E-state index in [4.69, 9.17) is 21.9 Å². The highest BCUT2D eigenvalue weighted by Crippen LogP contribution is 2.30. The lowest BCUT2D eigenvalue weighted by Crippen LogP contribution is -2.62. The molecule has 24 nitrogen and oxygen atoms in total. The number of rotatable bonds is 19. The number of aliphatic hydroxyl groups excluding tert-OH is 2. The van der Waals surface area contributed by atoms with Gasteiger partial charge in [0.2, 0.25) is 23.9 Å². The number of carbonyl (C=O) groups excluding carboxylic acids is 4. The monoisotopic (exact) mass is 904 g/mol. The van der Waals surface area contributed by atoms with Crippen molar-refractivity contribution < 1.29 is 49.1 Å². The minimum atomic E-state index is -1.80. The predicted octanol–water partition coefficient (Wildman–Crippen LogP) is -2.75. The molecule has 0 unspecified atom stereocenters. The summed E-state index contributed by atoms with van der Waals surface area (Å²) >= 11 is 0. The number of aromatic nitrogens is 3. The zero-order valence-electron chi connectivity index (χ0n) is 35.2. The summed E-state index contributed by atoms with van der Waals surface area (Å²) in [6.07, 6.45) is -1.77. The first kappa shape index (κ1) is 48.3. The Balaban J connectivity index is 1.39. The number of guanidine groups is 1. The van der Waals surface area contributed by atoms with Crippen LogP contribution in [0.5, 0.6) is 5.75 Å². The number of aliphatic imine (C=N–C) groups is 1. The van der Waals surface area contributed by atoms with Crippen molar-refractivity contribution in [3.63, 3.8) is 0 Å². The lowest BCUT2D eigenvalue weighted by atomic mass is 10.0. The van der Waals surface area contributed by atoms with E-state index in [2.05, 4.69) is 31.2 Å². The number of aliphatic carboxylic acids is 1. The molecule has 1 fully saturated rings. The van der Waals surface area contributed by atoms with Gasteiger partial charge in [-0.2, -0.15) is 0 Å². The van der Waals surface area contributed by atoms with Crippen molar-refractivity contribution in [3.05, 3.63) is 111 Å². The molecule has 5 rings (SSSR count). The summed E-state index contributed by atoms with van der Waals surface area (Å²) in [6, 6.07) is 6.18. The quantitative estimate of drug-likeness (QED) is 0.0258. The maximum absolute atomic E-state index is 14.2. The number of amides is 5. The summed E-state index contributed by atoms with van der Waals surface area (Å²) in [5, 5.41) is 52.0. The number of urea groups is 1. The summed E-state index contributed by atoms with van der Waals surface area (Å²) in [4.78, 5) is 102. The summed E-state index contributed by atoms with van der Waals surface area (Å²) in [5.74, 6) is -4.75. The third kappa shape index (κ3) is 12.5. The molecular weight excluding hydrogens is 853 g/mol. The molecule has 3 heterocycles. The van der Waals surface area contributed by atoms with Crippen LogP contribution in [0.4, 0.5) is 4.79 Å². The van der Waals surface area contributed by atoms with Crippen LogP contribution in [-0.2, 0) is 36.8 Å². The molecule has 348 valence electrons. The van der Waals surface area contributed by atoms with Crippen molar-refractivity contribution in [1.82, 2.24) is 40.7 Å². The van der Waals surface area contributed by atoms with Gasteiger partial charge in [-0.05, 0) is 55.5 Å². The summed E-state index contributed by atoms with van der Waals surface area (Å²) < 4.78 is 6.38. The summed E-state index contributed by atoms with van der Waals surface area (Å²) in [7, 11) is 1.32. The van der Waals surface area contributed by atoms with Gasteiger partial charge in [0.05, 0.1) is 12.1 Å². The largest absolute Gasteiger partial charge is 0.508 e. The third-order valence-corrected chi connectivity index (χ3v) is 10.6. The number of phenolic OH excluding ortho intramolecular Hbond substituents is 1. The highest BCUT2D eigenvalue weighted by atomic mass is 16.6. The minimum Gasteiger partial charge on any atom is -0.508 e. The molecule has 0 aliphatic carbocycles. The zero-order chi connectivity index (χ0) is 47.5. The second-order valence-corrected chi connectivity index (χ2v) is 15.2. The second kappa shape index (κ2) is 21.6. The molecule has 1 saturated heterocycles. The average molecular weight is 905 g/mol. The van der Waals surface area contributed by atoms with E-state index in [1.807, 2.05) is 4.98 Å². The molecule has 1 aliphatic heterocycles. The maximum atomic E-state index is 14.2. The van der Waals surface area contributed by atoms with Crippen molar-refractivity contribution in [2.75, 3.05) is 13.6 Å². The van der Waals surface area contributed by atoms with E-state index in [9.17, 15) is 54.0 Å². The number of nitrogens with one attached hydrogen (secondary N) is 6. The van der Waals surface area contributed by atoms with Gasteiger partial charge in [0.15, 0.2) is 5.96 Å². The van der Waals surface area contributed by atoms with Crippen molar-refractivity contribution >= 4 is 46.6 Å². The van der Waals surface area contributed by atoms with Crippen LogP contribution in [0.25, 0.3) is 10.9 Å². The molecule has 2 aromatic carbocycles. The third-order valence-electron chi connectivity index (χ3n) is 10.6. The number of ether oxygens (including phenoxy) is 1. The van der Waals surface area contributed by atoms with Crippen LogP contribution in [0.15, 0.2) is 93.5 Å². The highest BCUT2D eigenvalue weighted by Gasteiger charge is 2.42. The molecule has 8 atom stereocenters. The molecule has 4 aromatic rings. The fourth-order valence-corrected chi connectivity index (χ4v) is 7.02. The molecule has 16 N–H and O–H groups in total. The van der Waals surface area contributed by atoms with Gasteiger partial charge in [0.1, 0.15) is 41.8 Å². The highest BCUT2D eigenvalue weighted by molar-refractivity contribution is 5.94. The minimum absolute atomic E-state index is 0.0102. The van der Waals surface area contributed by atoms with E-state index in [-0.39, 0.29) is 43.9 Å². The van der Waals surface area contributed by atoms with E-state index < -0.39 is 95.4 Å². The molecule has 65 heavy (non-hydrogen) atoms. The van der Waals surface area contributed by atoms with Crippen LogP contribution >= 0.6 is 0 Å². The number of nitrogens with zero attached hydrogens (tertiary/aromatic N) is 3. The number of para-hydroxylation sites is 1. The van der Waals surface area contributed by atoms with E-state index in [0.29, 0.717) is 11.1 Å². The number of phenols is 1. The molecule has 2 aromatic heterocycles. The van der Waals surface area contributed by atoms with Gasteiger partial charge in [0.25, 0.3) is 5.56 Å². The fourth-order valence-electron chi connectivity index (χ4n) is 7.02.